The van der Waals surface area contributed by atoms with Crippen LogP contribution in [0.2, 0.25) is 0 Å². The minimum Gasteiger partial charge on any atom is -0.455 e. The molecule has 6 heteroatoms. The molecule has 2 aromatic rings. The summed E-state index contributed by atoms with van der Waals surface area (Å²) in [5.74, 6) is -1.21. The summed E-state index contributed by atoms with van der Waals surface area (Å²) in [6.07, 6.45) is 4.62. The topological polar surface area (TPSA) is 79.2 Å². The summed E-state index contributed by atoms with van der Waals surface area (Å²) in [5.41, 5.74) is 2.50. The number of benzene rings is 1. The number of nitrogens with one attached hydrogen (secondary N) is 1. The zero-order chi connectivity index (χ0) is 19.2. The lowest BCUT2D eigenvalue weighted by Crippen LogP contribution is -2.23. The Kier molecular flexibility index (Phi) is 6.25. The summed E-state index contributed by atoms with van der Waals surface area (Å²) in [7, 11) is 0. The molecule has 1 aliphatic rings. The number of nitrogens with zero attached hydrogens (tertiary/aromatic N) is 1. The number of hydrogen-bond acceptors (Lipinski definition) is 5. The molecule has 0 aliphatic heterocycles. The number of anilines is 1. The first-order chi connectivity index (χ1) is 13.1. The standard InChI is InChI=1S/C21H22N2O3S/c1-2-15(14-8-4-3-5-9-14)21(25)26-13-19(24)23-20-17(12-22)16-10-6-7-11-18(16)27-20/h3-5,8-9,15H,2,6-7,10-11,13H2,1H3,(H,23,24)/t15-/m0/s1. The van der Waals surface area contributed by atoms with Crippen LogP contribution in [0.1, 0.15) is 53.7 Å². The van der Waals surface area contributed by atoms with Crippen molar-refractivity contribution in [2.45, 2.75) is 44.9 Å². The molecule has 0 saturated heterocycles. The minimum absolute atomic E-state index is 0.352. The number of ether oxygens (including phenoxy) is 1. The summed E-state index contributed by atoms with van der Waals surface area (Å²) in [5, 5.41) is 12.8. The highest BCUT2D eigenvalue weighted by atomic mass is 32.1. The number of amides is 1. The van der Waals surface area contributed by atoms with E-state index in [4.69, 9.17) is 4.74 Å². The third kappa shape index (κ3) is 4.37. The summed E-state index contributed by atoms with van der Waals surface area (Å²) < 4.78 is 5.23. The van der Waals surface area contributed by atoms with Gasteiger partial charge in [-0.3, -0.25) is 9.59 Å². The van der Waals surface area contributed by atoms with Gasteiger partial charge in [0.1, 0.15) is 11.1 Å². The number of nitriles is 1. The monoisotopic (exact) mass is 382 g/mol. The van der Waals surface area contributed by atoms with Crippen LogP contribution < -0.4 is 5.32 Å². The Balaban J connectivity index is 1.61. The van der Waals surface area contributed by atoms with E-state index in [1.54, 1.807) is 0 Å². The van der Waals surface area contributed by atoms with Crippen LogP contribution in [-0.4, -0.2) is 18.5 Å². The van der Waals surface area contributed by atoms with Crippen LogP contribution >= 0.6 is 11.3 Å². The average Bonchev–Trinajstić information content (AvgIpc) is 3.04. The first-order valence-corrected chi connectivity index (χ1v) is 10.0. The highest BCUT2D eigenvalue weighted by Crippen LogP contribution is 2.37. The van der Waals surface area contributed by atoms with Crippen LogP contribution in [-0.2, 0) is 27.2 Å². The van der Waals surface area contributed by atoms with Gasteiger partial charge in [-0.25, -0.2) is 0 Å². The lowest BCUT2D eigenvalue weighted by Gasteiger charge is -2.14. The van der Waals surface area contributed by atoms with Crippen molar-refractivity contribution in [1.82, 2.24) is 0 Å². The van der Waals surface area contributed by atoms with Gasteiger partial charge in [0.15, 0.2) is 6.61 Å². The van der Waals surface area contributed by atoms with E-state index in [9.17, 15) is 14.9 Å². The Morgan fingerprint density at radius 2 is 2.00 bits per heavy atom. The highest BCUT2D eigenvalue weighted by Gasteiger charge is 2.23. The number of carbonyl (C=O) groups is 2. The van der Waals surface area contributed by atoms with Gasteiger partial charge in [-0.1, -0.05) is 37.3 Å². The van der Waals surface area contributed by atoms with E-state index in [1.165, 1.54) is 16.2 Å². The van der Waals surface area contributed by atoms with Crippen molar-refractivity contribution in [2.24, 2.45) is 0 Å². The maximum Gasteiger partial charge on any atom is 0.313 e. The van der Waals surface area contributed by atoms with Gasteiger partial charge in [-0.05, 0) is 43.2 Å². The van der Waals surface area contributed by atoms with Crippen LogP contribution in [0.5, 0.6) is 0 Å². The van der Waals surface area contributed by atoms with Crippen molar-refractivity contribution in [3.8, 4) is 6.07 Å². The van der Waals surface area contributed by atoms with Gasteiger partial charge in [-0.2, -0.15) is 5.26 Å². The van der Waals surface area contributed by atoms with Crippen LogP contribution in [0.3, 0.4) is 0 Å². The molecule has 0 radical (unpaired) electrons. The fourth-order valence-corrected chi connectivity index (χ4v) is 4.65. The van der Waals surface area contributed by atoms with E-state index in [-0.39, 0.29) is 12.5 Å². The van der Waals surface area contributed by atoms with Gasteiger partial charge in [0.05, 0.1) is 11.5 Å². The maximum atomic E-state index is 12.4. The molecule has 3 rings (SSSR count). The number of esters is 1. The van der Waals surface area contributed by atoms with Gasteiger partial charge in [-0.15, -0.1) is 11.3 Å². The summed E-state index contributed by atoms with van der Waals surface area (Å²) >= 11 is 1.46. The van der Waals surface area contributed by atoms with Gasteiger partial charge in [0.2, 0.25) is 0 Å². The molecule has 0 bridgehead atoms. The molecule has 140 valence electrons. The van der Waals surface area contributed by atoms with Crippen LogP contribution in [0.25, 0.3) is 0 Å². The molecule has 1 aromatic carbocycles. The van der Waals surface area contributed by atoms with Gasteiger partial charge in [0, 0.05) is 4.88 Å². The fourth-order valence-electron chi connectivity index (χ4n) is 3.40. The predicted octanol–water partition coefficient (Wildman–Crippen LogP) is 4.17. The molecule has 1 N–H and O–H groups in total. The largest absolute Gasteiger partial charge is 0.455 e. The molecule has 1 aliphatic carbocycles. The molecular formula is C21H22N2O3S. The second-order valence-electron chi connectivity index (χ2n) is 6.55. The number of rotatable bonds is 6. The molecule has 0 saturated carbocycles. The number of fused-ring (bicyclic) bond motifs is 1. The average molecular weight is 382 g/mol. The zero-order valence-electron chi connectivity index (χ0n) is 15.3. The lowest BCUT2D eigenvalue weighted by molar-refractivity contribution is -0.149. The van der Waals surface area contributed by atoms with Gasteiger partial charge in [0.25, 0.3) is 5.91 Å². The van der Waals surface area contributed by atoms with E-state index in [0.717, 1.165) is 36.8 Å². The lowest BCUT2D eigenvalue weighted by atomic mass is 9.96. The van der Waals surface area contributed by atoms with Crippen molar-refractivity contribution in [3.63, 3.8) is 0 Å². The predicted molar refractivity (Wildman–Crippen MR) is 105 cm³/mol. The molecule has 27 heavy (non-hydrogen) atoms. The third-order valence-corrected chi connectivity index (χ3v) is 5.98. The number of aryl methyl sites for hydroxylation is 1. The molecule has 5 nitrogen and oxygen atoms in total. The first kappa shape index (κ1) is 19.1. The molecule has 1 amide bonds. The smallest absolute Gasteiger partial charge is 0.313 e. The highest BCUT2D eigenvalue weighted by molar-refractivity contribution is 7.16. The summed E-state index contributed by atoms with van der Waals surface area (Å²) in [4.78, 5) is 25.8. The number of thiophene rings is 1. The van der Waals surface area contributed by atoms with Crippen molar-refractivity contribution >= 4 is 28.2 Å². The van der Waals surface area contributed by atoms with E-state index >= 15 is 0 Å². The van der Waals surface area contributed by atoms with Crippen LogP contribution in [0, 0.1) is 11.3 Å². The Morgan fingerprint density at radius 3 is 2.70 bits per heavy atom. The van der Waals surface area contributed by atoms with E-state index in [1.807, 2.05) is 37.3 Å². The second-order valence-corrected chi connectivity index (χ2v) is 7.66. The minimum atomic E-state index is -0.415. The van der Waals surface area contributed by atoms with Crippen molar-refractivity contribution in [3.05, 3.63) is 51.9 Å². The number of hydrogen-bond donors (Lipinski definition) is 1. The maximum absolute atomic E-state index is 12.4. The van der Waals surface area contributed by atoms with Crippen LogP contribution in [0.15, 0.2) is 30.3 Å². The summed E-state index contributed by atoms with van der Waals surface area (Å²) in [6, 6.07) is 11.6. The van der Waals surface area contributed by atoms with Crippen molar-refractivity contribution in [2.75, 3.05) is 11.9 Å². The Hall–Kier alpha value is -2.65. The molecule has 1 aromatic heterocycles. The van der Waals surface area contributed by atoms with Crippen molar-refractivity contribution < 1.29 is 14.3 Å². The van der Waals surface area contributed by atoms with Gasteiger partial charge >= 0.3 is 5.97 Å². The molecule has 0 spiro atoms. The SMILES string of the molecule is CC[C@H](C(=O)OCC(=O)Nc1sc2c(c1C#N)CCCC2)c1ccccc1. The van der Waals surface area contributed by atoms with Gasteiger partial charge < -0.3 is 10.1 Å². The van der Waals surface area contributed by atoms with Crippen LogP contribution in [0.4, 0.5) is 5.00 Å². The first-order valence-electron chi connectivity index (χ1n) is 9.20. The van der Waals surface area contributed by atoms with E-state index < -0.39 is 11.9 Å². The van der Waals surface area contributed by atoms with E-state index in [0.29, 0.717) is 17.0 Å². The molecule has 1 heterocycles. The van der Waals surface area contributed by atoms with E-state index in [2.05, 4.69) is 11.4 Å². The fraction of sp³-hybridized carbons (Fsp3) is 0.381. The second kappa shape index (κ2) is 8.83. The normalized spacial score (nSPS) is 13.9. The Bertz CT molecular complexity index is 868. The molecular weight excluding hydrogens is 360 g/mol. The summed E-state index contributed by atoms with van der Waals surface area (Å²) in [6.45, 7) is 1.56. The molecule has 0 unspecified atom stereocenters. The third-order valence-electron chi connectivity index (χ3n) is 4.78. The Morgan fingerprint density at radius 1 is 1.26 bits per heavy atom. The van der Waals surface area contributed by atoms with Crippen molar-refractivity contribution in [1.29, 1.82) is 5.26 Å². The Labute approximate surface area is 163 Å². The zero-order valence-corrected chi connectivity index (χ0v) is 16.1. The quantitative estimate of drug-likeness (QED) is 0.760. The number of carbonyl (C=O) groups excluding carboxylic acids is 2. The molecule has 0 fully saturated rings. The molecule has 1 atom stereocenters.